The first-order valence-electron chi connectivity index (χ1n) is 1.73. The Morgan fingerprint density at radius 3 is 0.455 bits per heavy atom. The molecule has 2 radical (unpaired) electrons. The van der Waals surface area contributed by atoms with Gasteiger partial charge in [-0.25, -0.2) is 20.4 Å². The van der Waals surface area contributed by atoms with E-state index in [1.807, 2.05) is 0 Å². The first-order chi connectivity index (χ1) is 4.24. The zero-order valence-electron chi connectivity index (χ0n) is 5.57. The zero-order chi connectivity index (χ0) is 8.12. The Kier molecular flexibility index (Phi) is 145. The Bertz CT molecular complexity index is 20.5. The van der Waals surface area contributed by atoms with Crippen molar-refractivity contribution >= 4 is 0 Å². The summed E-state index contributed by atoms with van der Waals surface area (Å²) in [6.45, 7) is -3.75. The molecule has 0 aromatic heterocycles. The molecule has 0 unspecified atom stereocenters. The molecular formula is C3H6Ce2O6. The molecule has 0 aliphatic heterocycles. The molecule has 0 saturated heterocycles. The fraction of sp³-hybridized carbons (Fsp3) is 1.00. The monoisotopic (exact) mass is 418 g/mol. The molecule has 0 fully saturated rings. The summed E-state index contributed by atoms with van der Waals surface area (Å²) >= 11 is 0. The summed E-state index contributed by atoms with van der Waals surface area (Å²) in [6, 6.07) is 0. The summed E-state index contributed by atoms with van der Waals surface area (Å²) in [6.07, 6.45) is 0. The van der Waals surface area contributed by atoms with Crippen LogP contribution >= 0.6 is 0 Å². The molecule has 0 bridgehead atoms. The second-order valence-electron chi connectivity index (χ2n) is 0.354. The van der Waals surface area contributed by atoms with Gasteiger partial charge in [-0.3, -0.25) is 0 Å². The van der Waals surface area contributed by atoms with E-state index in [0.717, 1.165) is 0 Å². The Morgan fingerprint density at radius 1 is 0.455 bits per heavy atom. The molecule has 6 nitrogen and oxygen atoms in total. The average Bonchev–Trinajstić information content (AvgIpc) is 1.70. The maximum atomic E-state index is 8.38. The Morgan fingerprint density at radius 2 is 0.455 bits per heavy atom. The Labute approximate surface area is 132 Å². The fourth-order valence-electron chi connectivity index (χ4n) is 0. The predicted octanol–water partition coefficient (Wildman–Crippen LogP) is -7.01. The quantitative estimate of drug-likeness (QED) is 0.359. The third-order valence-corrected chi connectivity index (χ3v) is 0. The van der Waals surface area contributed by atoms with Crippen molar-refractivity contribution < 1.29 is 114 Å². The van der Waals surface area contributed by atoms with Crippen molar-refractivity contribution in [3.8, 4) is 0 Å². The van der Waals surface area contributed by atoms with Crippen LogP contribution in [0.3, 0.4) is 0 Å². The van der Waals surface area contributed by atoms with Crippen LogP contribution in [0.5, 0.6) is 0 Å². The van der Waals surface area contributed by atoms with Crippen LogP contribution in [-0.2, 0) is 0 Å². The van der Waals surface area contributed by atoms with Crippen LogP contribution in [0.15, 0.2) is 0 Å². The van der Waals surface area contributed by atoms with E-state index < -0.39 is 20.4 Å². The van der Waals surface area contributed by atoms with Crippen molar-refractivity contribution in [2.24, 2.45) is 0 Å². The van der Waals surface area contributed by atoms with E-state index in [1.165, 1.54) is 0 Å². The van der Waals surface area contributed by atoms with Gasteiger partial charge >= 0.3 is 83.5 Å². The van der Waals surface area contributed by atoms with Crippen molar-refractivity contribution in [3.63, 3.8) is 0 Å². The van der Waals surface area contributed by atoms with Crippen LogP contribution in [0.2, 0.25) is 0 Å². The maximum Gasteiger partial charge on any atom is 3.00 e. The standard InChI is InChI=1S/3CH2O2.2Ce/c3*2-1-3;;/h3*1H2;;/q3*-2;2*+3. The predicted molar refractivity (Wildman–Crippen MR) is 14.6 cm³/mol. The molecule has 0 rings (SSSR count). The number of rotatable bonds is 0. The largest absolute Gasteiger partial charge is 3.00 e. The molecular weight excluding hydrogens is 412 g/mol. The van der Waals surface area contributed by atoms with Gasteiger partial charge in [-0.1, -0.05) is 0 Å². The molecule has 0 N–H and O–H groups in total. The van der Waals surface area contributed by atoms with Crippen molar-refractivity contribution in [2.75, 3.05) is 20.4 Å². The van der Waals surface area contributed by atoms with Gasteiger partial charge in [0.2, 0.25) is 0 Å². The summed E-state index contributed by atoms with van der Waals surface area (Å²) in [7, 11) is 0. The first-order valence-corrected chi connectivity index (χ1v) is 1.73. The SMILES string of the molecule is [Ce+3].[Ce+3].[O-]C[O-].[O-]C[O-].[O-]C[O-]. The van der Waals surface area contributed by atoms with Crippen LogP contribution in [0.4, 0.5) is 0 Å². The van der Waals surface area contributed by atoms with Crippen LogP contribution in [0, 0.1) is 83.5 Å². The van der Waals surface area contributed by atoms with Gasteiger partial charge in [-0.2, -0.15) is 0 Å². The van der Waals surface area contributed by atoms with Crippen LogP contribution in [-0.4, -0.2) is 20.4 Å². The maximum absolute atomic E-state index is 8.38. The van der Waals surface area contributed by atoms with Gasteiger partial charge in [0.05, 0.1) is 0 Å². The average molecular weight is 418 g/mol. The molecule has 0 aromatic rings. The molecule has 62 valence electrons. The van der Waals surface area contributed by atoms with Crippen molar-refractivity contribution in [1.82, 2.24) is 0 Å². The molecule has 0 aliphatic carbocycles. The molecule has 0 heterocycles. The summed E-state index contributed by atoms with van der Waals surface area (Å²) in [5, 5.41) is 50.2. The molecule has 0 saturated carbocycles. The minimum Gasteiger partial charge on any atom is -0.868 e. The van der Waals surface area contributed by atoms with Gasteiger partial charge in [-0.15, -0.1) is 0 Å². The minimum atomic E-state index is -1.25. The van der Waals surface area contributed by atoms with Gasteiger partial charge in [0.25, 0.3) is 0 Å². The van der Waals surface area contributed by atoms with Gasteiger partial charge in [0.15, 0.2) is 0 Å². The molecule has 0 aromatic carbocycles. The fourth-order valence-corrected chi connectivity index (χ4v) is 0. The van der Waals surface area contributed by atoms with E-state index >= 15 is 0 Å². The van der Waals surface area contributed by atoms with E-state index in [4.69, 9.17) is 30.6 Å². The smallest absolute Gasteiger partial charge is 0.868 e. The van der Waals surface area contributed by atoms with E-state index in [0.29, 0.717) is 0 Å². The van der Waals surface area contributed by atoms with E-state index in [9.17, 15) is 0 Å². The Balaban J connectivity index is -0.0000000150. The summed E-state index contributed by atoms with van der Waals surface area (Å²) < 4.78 is 0. The second kappa shape index (κ2) is 54.6. The van der Waals surface area contributed by atoms with Crippen molar-refractivity contribution in [2.45, 2.75) is 0 Å². The molecule has 0 spiro atoms. The van der Waals surface area contributed by atoms with Gasteiger partial charge in [-0.05, 0) is 0 Å². The molecule has 0 atom stereocenters. The summed E-state index contributed by atoms with van der Waals surface area (Å²) in [5.74, 6) is 0. The van der Waals surface area contributed by atoms with Crippen LogP contribution < -0.4 is 30.6 Å². The second-order valence-corrected chi connectivity index (χ2v) is 0.354. The van der Waals surface area contributed by atoms with Crippen LogP contribution in [0.25, 0.3) is 0 Å². The summed E-state index contributed by atoms with van der Waals surface area (Å²) in [4.78, 5) is 0. The molecule has 11 heavy (non-hydrogen) atoms. The third-order valence-electron chi connectivity index (χ3n) is 0. The van der Waals surface area contributed by atoms with Gasteiger partial charge in [0.1, 0.15) is 0 Å². The number of hydrogen-bond acceptors (Lipinski definition) is 6. The Hall–Kier alpha value is 2.51. The first kappa shape index (κ1) is 29.2. The van der Waals surface area contributed by atoms with Gasteiger partial charge < -0.3 is 30.6 Å². The molecule has 0 amide bonds. The van der Waals surface area contributed by atoms with E-state index in [1.54, 1.807) is 0 Å². The van der Waals surface area contributed by atoms with Crippen molar-refractivity contribution in [3.05, 3.63) is 0 Å². The van der Waals surface area contributed by atoms with Crippen LogP contribution in [0.1, 0.15) is 0 Å². The topological polar surface area (TPSA) is 138 Å². The van der Waals surface area contributed by atoms with Gasteiger partial charge in [0, 0.05) is 0 Å². The zero-order valence-corrected chi connectivity index (χ0v) is 11.9. The minimum absolute atomic E-state index is 0. The normalized spacial score (nSPS) is 4.91. The molecule has 0 aliphatic rings. The third kappa shape index (κ3) is 219. The van der Waals surface area contributed by atoms with Crippen molar-refractivity contribution in [1.29, 1.82) is 0 Å². The molecule has 8 heteroatoms. The van der Waals surface area contributed by atoms with E-state index in [2.05, 4.69) is 0 Å². The number of hydrogen-bond donors (Lipinski definition) is 0. The summed E-state index contributed by atoms with van der Waals surface area (Å²) in [5.41, 5.74) is 0. The van der Waals surface area contributed by atoms with E-state index in [-0.39, 0.29) is 83.5 Å².